The second-order valence-corrected chi connectivity index (χ2v) is 7.94. The van der Waals surface area contributed by atoms with E-state index in [1.165, 1.54) is 6.07 Å². The largest absolute Gasteiger partial charge is 0.324 e. The molecule has 0 bridgehead atoms. The summed E-state index contributed by atoms with van der Waals surface area (Å²) in [5, 5.41) is 2.69. The number of aromatic nitrogens is 3. The molecule has 7 heteroatoms. The van der Waals surface area contributed by atoms with Crippen molar-refractivity contribution >= 4 is 28.7 Å². The molecule has 0 saturated heterocycles. The van der Waals surface area contributed by atoms with Gasteiger partial charge in [-0.25, -0.2) is 14.4 Å². The van der Waals surface area contributed by atoms with Crippen LogP contribution in [0.2, 0.25) is 0 Å². The third-order valence-electron chi connectivity index (χ3n) is 5.46. The quantitative estimate of drug-likeness (QED) is 0.315. The summed E-state index contributed by atoms with van der Waals surface area (Å²) < 4.78 is 13.8. The van der Waals surface area contributed by atoms with Crippen molar-refractivity contribution in [1.29, 1.82) is 0 Å². The Morgan fingerprint density at radius 3 is 2.69 bits per heavy atom. The minimum absolute atomic E-state index is 0.0299. The maximum atomic E-state index is 13.8. The third kappa shape index (κ3) is 4.92. The maximum absolute atomic E-state index is 13.8. The van der Waals surface area contributed by atoms with Crippen LogP contribution in [0.5, 0.6) is 0 Å². The highest BCUT2D eigenvalue weighted by molar-refractivity contribution is 6.08. The molecule has 35 heavy (non-hydrogen) atoms. The van der Waals surface area contributed by atoms with Crippen LogP contribution in [0.4, 0.5) is 10.3 Å². The molecular weight excluding hydrogens is 443 g/mol. The Morgan fingerprint density at radius 2 is 1.86 bits per heavy atom. The smallest absolute Gasteiger partial charge is 0.276 e. The van der Waals surface area contributed by atoms with E-state index in [0.717, 1.165) is 12.0 Å². The van der Waals surface area contributed by atoms with Crippen LogP contribution in [-0.4, -0.2) is 26.6 Å². The number of aromatic amines is 1. The normalized spacial score (nSPS) is 12.2. The SMILES string of the molecule is O=C(Nc1nc2c(C(=O)CC3=CC=CC3)cccc2[nH]1)c1cccc(C#Cc2ccccc2F)n1. The van der Waals surface area contributed by atoms with Crippen molar-refractivity contribution in [3.63, 3.8) is 0 Å². The Kier molecular flexibility index (Phi) is 6.01. The number of nitrogens with one attached hydrogen (secondary N) is 2. The first-order chi connectivity index (χ1) is 17.1. The van der Waals surface area contributed by atoms with Crippen molar-refractivity contribution in [2.45, 2.75) is 12.8 Å². The lowest BCUT2D eigenvalue weighted by atomic mass is 10.0. The molecule has 0 atom stereocenters. The number of benzene rings is 2. The van der Waals surface area contributed by atoms with E-state index in [1.807, 2.05) is 18.2 Å². The van der Waals surface area contributed by atoms with Gasteiger partial charge in [0, 0.05) is 12.0 Å². The second-order valence-electron chi connectivity index (χ2n) is 7.94. The van der Waals surface area contributed by atoms with Gasteiger partial charge in [-0.05, 0) is 48.7 Å². The minimum Gasteiger partial charge on any atom is -0.324 e. The first-order valence-electron chi connectivity index (χ1n) is 11.0. The first kappa shape index (κ1) is 22.0. The number of fused-ring (bicyclic) bond motifs is 1. The van der Waals surface area contributed by atoms with Gasteiger partial charge in [-0.3, -0.25) is 14.9 Å². The summed E-state index contributed by atoms with van der Waals surface area (Å²) in [6.45, 7) is 0. The maximum Gasteiger partial charge on any atom is 0.276 e. The highest BCUT2D eigenvalue weighted by atomic mass is 19.1. The number of amides is 1. The number of anilines is 1. The number of para-hydroxylation sites is 1. The van der Waals surface area contributed by atoms with Crippen LogP contribution >= 0.6 is 0 Å². The van der Waals surface area contributed by atoms with E-state index in [9.17, 15) is 14.0 Å². The number of rotatable bonds is 5. The van der Waals surface area contributed by atoms with E-state index in [-0.39, 0.29) is 23.0 Å². The van der Waals surface area contributed by atoms with Crippen LogP contribution in [0.15, 0.2) is 84.5 Å². The van der Waals surface area contributed by atoms with Crippen molar-refractivity contribution in [2.24, 2.45) is 0 Å². The van der Waals surface area contributed by atoms with Gasteiger partial charge in [0.1, 0.15) is 22.7 Å². The Balaban J connectivity index is 1.34. The number of hydrogen-bond acceptors (Lipinski definition) is 4. The summed E-state index contributed by atoms with van der Waals surface area (Å²) in [5.74, 6) is 4.77. The van der Waals surface area contributed by atoms with Gasteiger partial charge in [-0.1, -0.05) is 54.0 Å². The number of pyridine rings is 1. The van der Waals surface area contributed by atoms with Gasteiger partial charge in [-0.15, -0.1) is 0 Å². The Labute approximate surface area is 200 Å². The van der Waals surface area contributed by atoms with Crippen LogP contribution in [0.3, 0.4) is 0 Å². The molecule has 1 aliphatic rings. The molecule has 0 aliphatic heterocycles. The lowest BCUT2D eigenvalue weighted by molar-refractivity contribution is 0.0991. The van der Waals surface area contributed by atoms with E-state index < -0.39 is 11.7 Å². The molecule has 2 aromatic heterocycles. The molecule has 0 fully saturated rings. The highest BCUT2D eigenvalue weighted by Gasteiger charge is 2.17. The zero-order chi connectivity index (χ0) is 24.2. The molecule has 4 aromatic rings. The van der Waals surface area contributed by atoms with Gasteiger partial charge in [0.05, 0.1) is 11.1 Å². The number of hydrogen-bond donors (Lipinski definition) is 2. The number of nitrogens with zero attached hydrogens (tertiary/aromatic N) is 2. The summed E-state index contributed by atoms with van der Waals surface area (Å²) in [7, 11) is 0. The number of carbonyl (C=O) groups is 2. The van der Waals surface area contributed by atoms with Crippen LogP contribution in [0.1, 0.15) is 44.9 Å². The van der Waals surface area contributed by atoms with Gasteiger partial charge in [0.25, 0.3) is 5.91 Å². The lowest BCUT2D eigenvalue weighted by Crippen LogP contribution is -2.15. The molecule has 2 heterocycles. The average molecular weight is 462 g/mol. The monoisotopic (exact) mass is 462 g/mol. The lowest BCUT2D eigenvalue weighted by Gasteiger charge is -2.03. The fourth-order valence-corrected chi connectivity index (χ4v) is 3.74. The van der Waals surface area contributed by atoms with Gasteiger partial charge < -0.3 is 4.98 Å². The zero-order valence-corrected chi connectivity index (χ0v) is 18.5. The van der Waals surface area contributed by atoms with Gasteiger partial charge >= 0.3 is 0 Å². The molecule has 1 amide bonds. The molecule has 1 aliphatic carbocycles. The Bertz CT molecular complexity index is 1590. The van der Waals surface area contributed by atoms with Gasteiger partial charge in [0.15, 0.2) is 5.78 Å². The third-order valence-corrected chi connectivity index (χ3v) is 5.46. The number of imidazole rings is 1. The fourth-order valence-electron chi connectivity index (χ4n) is 3.74. The van der Waals surface area contributed by atoms with Crippen LogP contribution in [-0.2, 0) is 0 Å². The number of halogens is 1. The predicted octanol–water partition coefficient (Wildman–Crippen LogP) is 5.21. The number of Topliss-reactive ketones (excluding diaryl/α,β-unsaturated/α-hetero) is 1. The second kappa shape index (κ2) is 9.57. The molecule has 2 N–H and O–H groups in total. The van der Waals surface area contributed by atoms with Crippen molar-refractivity contribution in [3.05, 3.63) is 113 Å². The standard InChI is InChI=1S/C28H19FN4O2/c29-22-12-4-3-9-19(22)15-16-20-10-5-14-24(30-20)27(35)33-28-31-23-13-6-11-21(26(23)32-28)25(34)17-18-7-1-2-8-18/h1-7,9-14H,8,17H2,(H2,31,32,33,35). The van der Waals surface area contributed by atoms with E-state index >= 15 is 0 Å². The Morgan fingerprint density at radius 1 is 1.00 bits per heavy atom. The predicted molar refractivity (Wildman–Crippen MR) is 131 cm³/mol. The molecule has 2 aromatic carbocycles. The van der Waals surface area contributed by atoms with Gasteiger partial charge in [-0.2, -0.15) is 0 Å². The minimum atomic E-state index is -0.492. The summed E-state index contributed by atoms with van der Waals surface area (Å²) in [6, 6.07) is 16.3. The summed E-state index contributed by atoms with van der Waals surface area (Å²) in [6.07, 6.45) is 7.02. The summed E-state index contributed by atoms with van der Waals surface area (Å²) >= 11 is 0. The van der Waals surface area contributed by atoms with E-state index in [0.29, 0.717) is 28.7 Å². The Hall–Kier alpha value is -4.83. The molecule has 0 radical (unpaired) electrons. The molecule has 170 valence electrons. The summed E-state index contributed by atoms with van der Waals surface area (Å²) in [5.41, 5.74) is 3.39. The number of ketones is 1. The molecule has 6 nitrogen and oxygen atoms in total. The zero-order valence-electron chi connectivity index (χ0n) is 18.5. The topological polar surface area (TPSA) is 87.7 Å². The fraction of sp³-hybridized carbons (Fsp3) is 0.0714. The van der Waals surface area contributed by atoms with E-state index in [4.69, 9.17) is 0 Å². The van der Waals surface area contributed by atoms with Crippen molar-refractivity contribution in [3.8, 4) is 11.8 Å². The molecule has 0 spiro atoms. The van der Waals surface area contributed by atoms with Crippen molar-refractivity contribution < 1.29 is 14.0 Å². The molecule has 0 unspecified atom stereocenters. The number of carbonyl (C=O) groups excluding carboxylic acids is 2. The van der Waals surface area contributed by atoms with Crippen molar-refractivity contribution in [2.75, 3.05) is 5.32 Å². The van der Waals surface area contributed by atoms with Crippen LogP contribution in [0.25, 0.3) is 11.0 Å². The average Bonchev–Trinajstić information content (AvgIpc) is 3.53. The molecule has 0 saturated carbocycles. The summed E-state index contributed by atoms with van der Waals surface area (Å²) in [4.78, 5) is 37.4. The highest BCUT2D eigenvalue weighted by Crippen LogP contribution is 2.23. The first-order valence-corrected chi connectivity index (χ1v) is 11.0. The molecular formula is C28H19FN4O2. The number of H-pyrrole nitrogens is 1. The van der Waals surface area contributed by atoms with E-state index in [2.05, 4.69) is 32.1 Å². The van der Waals surface area contributed by atoms with E-state index in [1.54, 1.807) is 54.6 Å². The number of allylic oxidation sites excluding steroid dienone is 4. The van der Waals surface area contributed by atoms with Gasteiger partial charge in [0.2, 0.25) is 5.95 Å². The van der Waals surface area contributed by atoms with Crippen LogP contribution < -0.4 is 5.32 Å². The van der Waals surface area contributed by atoms with Crippen LogP contribution in [0, 0.1) is 17.7 Å². The molecule has 5 rings (SSSR count). The van der Waals surface area contributed by atoms with Crippen molar-refractivity contribution in [1.82, 2.24) is 15.0 Å².